The highest BCUT2D eigenvalue weighted by Crippen LogP contribution is 2.25. The third-order valence-electron chi connectivity index (χ3n) is 5.75. The Kier molecular flexibility index (Phi) is 7.30. The lowest BCUT2D eigenvalue weighted by atomic mass is 9.96. The highest BCUT2D eigenvalue weighted by Gasteiger charge is 2.29. The summed E-state index contributed by atoms with van der Waals surface area (Å²) >= 11 is 0. The molecular weight excluding hydrogens is 368 g/mol. The van der Waals surface area contributed by atoms with Gasteiger partial charge in [-0.2, -0.15) is 0 Å². The van der Waals surface area contributed by atoms with Gasteiger partial charge in [-0.1, -0.05) is 6.07 Å². The van der Waals surface area contributed by atoms with Crippen LogP contribution in [0.25, 0.3) is 0 Å². The molecule has 2 fully saturated rings. The van der Waals surface area contributed by atoms with E-state index < -0.39 is 0 Å². The van der Waals surface area contributed by atoms with E-state index in [9.17, 15) is 4.79 Å². The number of nitrogens with two attached hydrogens (primary N) is 1. The smallest absolute Gasteiger partial charge is 0.220 e. The second-order valence-corrected chi connectivity index (χ2v) is 8.10. The van der Waals surface area contributed by atoms with E-state index in [0.29, 0.717) is 6.54 Å². The molecule has 1 unspecified atom stereocenters. The highest BCUT2D eigenvalue weighted by atomic mass is 16.5. The molecule has 1 aromatic rings. The van der Waals surface area contributed by atoms with Gasteiger partial charge in [-0.3, -0.25) is 4.79 Å². The number of carbonyl (C=O) groups is 1. The monoisotopic (exact) mass is 402 g/mol. The van der Waals surface area contributed by atoms with Crippen LogP contribution in [0.4, 0.5) is 5.82 Å². The first-order chi connectivity index (χ1) is 14.0. The SMILES string of the molecule is CCNC(=NCc1cccnc1N1CCC(C(N)=O)CC1)NCC1(C)CCCO1. The third kappa shape index (κ3) is 5.82. The van der Waals surface area contributed by atoms with Crippen molar-refractivity contribution in [3.05, 3.63) is 23.9 Å². The fraction of sp³-hybridized carbons (Fsp3) is 0.667. The average molecular weight is 403 g/mol. The Morgan fingerprint density at radius 1 is 1.41 bits per heavy atom. The zero-order valence-electron chi connectivity index (χ0n) is 17.6. The minimum absolute atomic E-state index is 0.0276. The van der Waals surface area contributed by atoms with Crippen molar-refractivity contribution in [1.29, 1.82) is 0 Å². The average Bonchev–Trinajstić information content (AvgIpc) is 3.17. The quantitative estimate of drug-likeness (QED) is 0.470. The molecule has 1 aromatic heterocycles. The van der Waals surface area contributed by atoms with Crippen molar-refractivity contribution in [2.75, 3.05) is 37.7 Å². The minimum Gasteiger partial charge on any atom is -0.373 e. The molecule has 0 bridgehead atoms. The largest absolute Gasteiger partial charge is 0.373 e. The number of hydrogen-bond donors (Lipinski definition) is 3. The van der Waals surface area contributed by atoms with E-state index in [4.69, 9.17) is 15.5 Å². The van der Waals surface area contributed by atoms with E-state index in [0.717, 1.165) is 75.8 Å². The van der Waals surface area contributed by atoms with Crippen LogP contribution >= 0.6 is 0 Å². The molecule has 29 heavy (non-hydrogen) atoms. The number of nitrogens with zero attached hydrogens (tertiary/aromatic N) is 3. The number of aliphatic imine (C=N–C) groups is 1. The van der Waals surface area contributed by atoms with Crippen molar-refractivity contribution in [3.63, 3.8) is 0 Å². The number of piperidine rings is 1. The predicted molar refractivity (Wildman–Crippen MR) is 115 cm³/mol. The summed E-state index contributed by atoms with van der Waals surface area (Å²) in [5.74, 6) is 1.50. The van der Waals surface area contributed by atoms with Crippen LogP contribution in [0.15, 0.2) is 23.3 Å². The Bertz CT molecular complexity index is 709. The van der Waals surface area contributed by atoms with Gasteiger partial charge in [-0.05, 0) is 45.6 Å². The lowest BCUT2D eigenvalue weighted by molar-refractivity contribution is -0.122. The van der Waals surface area contributed by atoms with Gasteiger partial charge in [-0.25, -0.2) is 9.98 Å². The van der Waals surface area contributed by atoms with Crippen molar-refractivity contribution in [1.82, 2.24) is 15.6 Å². The molecule has 8 heteroatoms. The molecule has 2 aliphatic heterocycles. The predicted octanol–water partition coefficient (Wildman–Crippen LogP) is 1.41. The van der Waals surface area contributed by atoms with Crippen molar-refractivity contribution >= 4 is 17.7 Å². The van der Waals surface area contributed by atoms with Gasteiger partial charge >= 0.3 is 0 Å². The van der Waals surface area contributed by atoms with E-state index >= 15 is 0 Å². The summed E-state index contributed by atoms with van der Waals surface area (Å²) in [6.45, 7) is 8.67. The van der Waals surface area contributed by atoms with Gasteiger partial charge in [-0.15, -0.1) is 0 Å². The topological polar surface area (TPSA) is 105 Å². The molecule has 8 nitrogen and oxygen atoms in total. The van der Waals surface area contributed by atoms with Crippen LogP contribution in [0.1, 0.15) is 45.1 Å². The molecule has 1 atom stereocenters. The van der Waals surface area contributed by atoms with Gasteiger partial charge in [0.25, 0.3) is 0 Å². The molecule has 1 amide bonds. The summed E-state index contributed by atoms with van der Waals surface area (Å²) < 4.78 is 5.86. The van der Waals surface area contributed by atoms with Gasteiger partial charge in [0.2, 0.25) is 5.91 Å². The molecular formula is C21H34N6O2. The maximum atomic E-state index is 11.4. The van der Waals surface area contributed by atoms with Gasteiger partial charge in [0, 0.05) is 50.5 Å². The molecule has 2 aliphatic rings. The number of aromatic nitrogens is 1. The van der Waals surface area contributed by atoms with Gasteiger partial charge in [0.1, 0.15) is 5.82 Å². The van der Waals surface area contributed by atoms with Gasteiger partial charge in [0.15, 0.2) is 5.96 Å². The molecule has 3 rings (SSSR count). The Labute approximate surface area is 173 Å². The number of ether oxygens (including phenoxy) is 1. The summed E-state index contributed by atoms with van der Waals surface area (Å²) in [5, 5.41) is 6.73. The first-order valence-electron chi connectivity index (χ1n) is 10.6. The Morgan fingerprint density at radius 3 is 2.86 bits per heavy atom. The van der Waals surface area contributed by atoms with E-state index in [1.54, 1.807) is 0 Å². The molecule has 4 N–H and O–H groups in total. The molecule has 2 saturated heterocycles. The molecule has 3 heterocycles. The van der Waals surface area contributed by atoms with E-state index in [1.165, 1.54) is 0 Å². The number of rotatable bonds is 7. The lowest BCUT2D eigenvalue weighted by Gasteiger charge is -2.32. The molecule has 0 radical (unpaired) electrons. The Balaban J connectivity index is 1.64. The number of anilines is 1. The van der Waals surface area contributed by atoms with E-state index in [-0.39, 0.29) is 17.4 Å². The fourth-order valence-electron chi connectivity index (χ4n) is 3.97. The second kappa shape index (κ2) is 9.91. The van der Waals surface area contributed by atoms with Crippen molar-refractivity contribution in [2.24, 2.45) is 16.6 Å². The first kappa shape index (κ1) is 21.4. The zero-order chi connectivity index (χ0) is 20.7. The number of amides is 1. The number of nitrogens with one attached hydrogen (secondary N) is 2. The van der Waals surface area contributed by atoms with Crippen molar-refractivity contribution in [2.45, 2.75) is 51.7 Å². The summed E-state index contributed by atoms with van der Waals surface area (Å²) in [5.41, 5.74) is 6.41. The summed E-state index contributed by atoms with van der Waals surface area (Å²) in [4.78, 5) is 23.0. The number of hydrogen-bond acceptors (Lipinski definition) is 5. The molecule has 0 spiro atoms. The maximum absolute atomic E-state index is 11.4. The number of carbonyl (C=O) groups excluding carboxylic acids is 1. The summed E-state index contributed by atoms with van der Waals surface area (Å²) in [6.07, 6.45) is 5.53. The number of pyridine rings is 1. The Hall–Kier alpha value is -2.35. The third-order valence-corrected chi connectivity index (χ3v) is 5.75. The van der Waals surface area contributed by atoms with Crippen LogP contribution in [0.2, 0.25) is 0 Å². The summed E-state index contributed by atoms with van der Waals surface area (Å²) in [6, 6.07) is 4.01. The molecule has 0 saturated carbocycles. The molecule has 0 aromatic carbocycles. The molecule has 160 valence electrons. The number of guanidine groups is 1. The van der Waals surface area contributed by atoms with Crippen molar-refractivity contribution < 1.29 is 9.53 Å². The van der Waals surface area contributed by atoms with Crippen molar-refractivity contribution in [3.8, 4) is 0 Å². The maximum Gasteiger partial charge on any atom is 0.220 e. The standard InChI is InChI=1S/C21H34N6O2/c1-3-23-20(26-15-21(2)9-5-13-29-21)25-14-17-6-4-10-24-19(17)27-11-7-16(8-12-27)18(22)28/h4,6,10,16H,3,5,7-9,11-15H2,1-2H3,(H2,22,28)(H2,23,25,26). The minimum atomic E-state index is -0.197. The van der Waals surface area contributed by atoms with Crippen LogP contribution in [0.5, 0.6) is 0 Å². The van der Waals surface area contributed by atoms with E-state index in [1.807, 2.05) is 12.3 Å². The van der Waals surface area contributed by atoms with E-state index in [2.05, 4.69) is 40.4 Å². The lowest BCUT2D eigenvalue weighted by Crippen LogP contribution is -2.45. The summed E-state index contributed by atoms with van der Waals surface area (Å²) in [7, 11) is 0. The van der Waals surface area contributed by atoms with Crippen LogP contribution in [0.3, 0.4) is 0 Å². The number of primary amides is 1. The fourth-order valence-corrected chi connectivity index (χ4v) is 3.97. The van der Waals surface area contributed by atoms with Crippen LogP contribution in [-0.4, -0.2) is 55.2 Å². The highest BCUT2D eigenvalue weighted by molar-refractivity contribution is 5.80. The second-order valence-electron chi connectivity index (χ2n) is 8.10. The Morgan fingerprint density at radius 2 is 2.21 bits per heavy atom. The van der Waals surface area contributed by atoms with Crippen LogP contribution in [-0.2, 0) is 16.1 Å². The molecule has 0 aliphatic carbocycles. The van der Waals surface area contributed by atoms with Crippen LogP contribution < -0.4 is 21.3 Å². The first-order valence-corrected chi connectivity index (χ1v) is 10.6. The van der Waals surface area contributed by atoms with Crippen LogP contribution in [0, 0.1) is 5.92 Å². The van der Waals surface area contributed by atoms with Gasteiger partial charge in [0.05, 0.1) is 12.1 Å². The van der Waals surface area contributed by atoms with Gasteiger partial charge < -0.3 is 26.0 Å². The normalized spacial score (nSPS) is 23.2. The zero-order valence-corrected chi connectivity index (χ0v) is 17.6.